The number of H-pyrrole nitrogens is 1. The van der Waals surface area contributed by atoms with Crippen LogP contribution in [-0.2, 0) is 6.54 Å². The summed E-state index contributed by atoms with van der Waals surface area (Å²) in [5, 5.41) is 13.5. The molecule has 2 aromatic heterocycles. The Hall–Kier alpha value is -3.94. The largest absolute Gasteiger partial charge is 0.366 e. The molecule has 0 saturated carbocycles. The number of fused-ring (bicyclic) bond motifs is 1. The van der Waals surface area contributed by atoms with Crippen LogP contribution in [0.5, 0.6) is 0 Å². The molecule has 0 aliphatic heterocycles. The van der Waals surface area contributed by atoms with Gasteiger partial charge in [-0.3, -0.25) is 4.79 Å². The van der Waals surface area contributed by atoms with Crippen molar-refractivity contribution in [3.05, 3.63) is 65.9 Å². The van der Waals surface area contributed by atoms with Gasteiger partial charge in [0, 0.05) is 43.2 Å². The number of hydrogen-bond donors (Lipinski definition) is 3. The van der Waals surface area contributed by atoms with E-state index in [2.05, 4.69) is 20.5 Å². The monoisotopic (exact) mass is 387 g/mol. The van der Waals surface area contributed by atoms with Crippen LogP contribution in [-0.4, -0.2) is 40.2 Å². The van der Waals surface area contributed by atoms with Crippen LogP contribution >= 0.6 is 0 Å². The van der Waals surface area contributed by atoms with E-state index in [1.165, 1.54) is 0 Å². The Bertz CT molecular complexity index is 1170. The van der Waals surface area contributed by atoms with E-state index < -0.39 is 5.91 Å². The highest BCUT2D eigenvalue weighted by Crippen LogP contribution is 2.29. The maximum absolute atomic E-state index is 11.7. The number of rotatable bonds is 6. The van der Waals surface area contributed by atoms with E-state index in [0.29, 0.717) is 35.3 Å². The van der Waals surface area contributed by atoms with Crippen LogP contribution in [0.25, 0.3) is 22.3 Å². The molecule has 0 unspecified atom stereocenters. The number of aromatic nitrogens is 4. The average Bonchev–Trinajstić information content (AvgIpc) is 3.16. The molecule has 146 valence electrons. The molecule has 2 aromatic carbocycles. The SMILES string of the molecule is CN(C)c1nnc(-c2[nH]cc3c(C(N)=O)cccc23)nc1NCc1ccccc1. The van der Waals surface area contributed by atoms with Crippen molar-refractivity contribution >= 4 is 28.3 Å². The summed E-state index contributed by atoms with van der Waals surface area (Å²) in [7, 11) is 3.78. The summed E-state index contributed by atoms with van der Waals surface area (Å²) in [5.41, 5.74) is 7.75. The molecule has 0 aliphatic rings. The molecule has 1 amide bonds. The van der Waals surface area contributed by atoms with Gasteiger partial charge >= 0.3 is 0 Å². The Morgan fingerprint density at radius 3 is 2.59 bits per heavy atom. The predicted molar refractivity (Wildman–Crippen MR) is 114 cm³/mol. The normalized spacial score (nSPS) is 10.8. The van der Waals surface area contributed by atoms with E-state index in [0.717, 1.165) is 16.3 Å². The van der Waals surface area contributed by atoms with E-state index in [9.17, 15) is 4.79 Å². The summed E-state index contributed by atoms with van der Waals surface area (Å²) in [6.07, 6.45) is 1.74. The highest BCUT2D eigenvalue weighted by Gasteiger charge is 2.17. The minimum Gasteiger partial charge on any atom is -0.366 e. The van der Waals surface area contributed by atoms with E-state index >= 15 is 0 Å². The van der Waals surface area contributed by atoms with E-state index in [-0.39, 0.29) is 0 Å². The molecular formula is C21H21N7O. The summed E-state index contributed by atoms with van der Waals surface area (Å²) in [5.74, 6) is 1.21. The van der Waals surface area contributed by atoms with Crippen LogP contribution in [0.1, 0.15) is 15.9 Å². The predicted octanol–water partition coefficient (Wildman–Crippen LogP) is 2.80. The number of aromatic amines is 1. The second-order valence-electron chi connectivity index (χ2n) is 6.84. The van der Waals surface area contributed by atoms with Gasteiger partial charge in [-0.25, -0.2) is 4.98 Å². The lowest BCUT2D eigenvalue weighted by Crippen LogP contribution is -2.16. The van der Waals surface area contributed by atoms with Crippen molar-refractivity contribution in [3.8, 4) is 11.5 Å². The van der Waals surface area contributed by atoms with Gasteiger partial charge < -0.3 is 20.9 Å². The second-order valence-corrected chi connectivity index (χ2v) is 6.84. The van der Waals surface area contributed by atoms with Crippen molar-refractivity contribution in [3.63, 3.8) is 0 Å². The summed E-state index contributed by atoms with van der Waals surface area (Å²) < 4.78 is 0. The maximum atomic E-state index is 11.7. The molecule has 0 fully saturated rings. The highest BCUT2D eigenvalue weighted by molar-refractivity contribution is 6.09. The van der Waals surface area contributed by atoms with Crippen LogP contribution in [0.3, 0.4) is 0 Å². The Balaban J connectivity index is 1.74. The number of anilines is 2. The zero-order chi connectivity index (χ0) is 20.4. The third kappa shape index (κ3) is 3.60. The Morgan fingerprint density at radius 2 is 1.86 bits per heavy atom. The number of nitrogens with zero attached hydrogens (tertiary/aromatic N) is 4. The molecule has 0 bridgehead atoms. The van der Waals surface area contributed by atoms with Crippen molar-refractivity contribution in [2.45, 2.75) is 6.54 Å². The third-order valence-electron chi connectivity index (χ3n) is 4.62. The zero-order valence-corrected chi connectivity index (χ0v) is 16.2. The first-order valence-electron chi connectivity index (χ1n) is 9.14. The van der Waals surface area contributed by atoms with Crippen LogP contribution in [0.2, 0.25) is 0 Å². The molecule has 2 heterocycles. The lowest BCUT2D eigenvalue weighted by atomic mass is 10.1. The molecule has 29 heavy (non-hydrogen) atoms. The number of carbonyl (C=O) groups is 1. The number of primary amides is 1. The Morgan fingerprint density at radius 1 is 1.07 bits per heavy atom. The lowest BCUT2D eigenvalue weighted by molar-refractivity contribution is 0.100. The highest BCUT2D eigenvalue weighted by atomic mass is 16.1. The summed E-state index contributed by atoms with van der Waals surface area (Å²) in [6, 6.07) is 15.4. The number of hydrogen-bond acceptors (Lipinski definition) is 6. The molecule has 0 saturated heterocycles. The van der Waals surface area contributed by atoms with Gasteiger partial charge in [0.25, 0.3) is 0 Å². The van der Waals surface area contributed by atoms with Crippen LogP contribution in [0.4, 0.5) is 11.6 Å². The maximum Gasteiger partial charge on any atom is 0.249 e. The van der Waals surface area contributed by atoms with Gasteiger partial charge in [-0.2, -0.15) is 0 Å². The van der Waals surface area contributed by atoms with Crippen molar-refractivity contribution in [1.82, 2.24) is 20.2 Å². The minimum absolute atomic E-state index is 0.433. The van der Waals surface area contributed by atoms with Gasteiger partial charge in [0.15, 0.2) is 11.6 Å². The smallest absolute Gasteiger partial charge is 0.249 e. The zero-order valence-electron chi connectivity index (χ0n) is 16.2. The standard InChI is InChI=1S/C21H21N7O/c1-28(2)21-20(24-11-13-7-4-3-5-8-13)25-19(26-27-21)17-14-9-6-10-15(18(22)29)16(14)12-23-17/h3-10,12,23H,11H2,1-2H3,(H2,22,29)(H,24,25,26). The first-order chi connectivity index (χ1) is 14.0. The van der Waals surface area contributed by atoms with Crippen LogP contribution in [0.15, 0.2) is 54.7 Å². The van der Waals surface area contributed by atoms with Gasteiger partial charge in [-0.1, -0.05) is 42.5 Å². The van der Waals surface area contributed by atoms with Gasteiger partial charge in [0.05, 0.1) is 5.69 Å². The molecule has 0 atom stereocenters. The molecule has 0 spiro atoms. The first-order valence-corrected chi connectivity index (χ1v) is 9.14. The molecule has 8 nitrogen and oxygen atoms in total. The Kier molecular flexibility index (Phi) is 4.82. The van der Waals surface area contributed by atoms with Gasteiger partial charge in [0.2, 0.25) is 11.7 Å². The quantitative estimate of drug-likeness (QED) is 0.469. The fourth-order valence-corrected chi connectivity index (χ4v) is 3.19. The first kappa shape index (κ1) is 18.4. The average molecular weight is 387 g/mol. The van der Waals surface area contributed by atoms with Crippen LogP contribution in [0, 0.1) is 0 Å². The van der Waals surface area contributed by atoms with E-state index in [4.69, 9.17) is 10.7 Å². The molecule has 4 aromatic rings. The number of nitrogens with two attached hydrogens (primary N) is 1. The van der Waals surface area contributed by atoms with Gasteiger partial charge in [-0.05, 0) is 11.6 Å². The molecule has 4 N–H and O–H groups in total. The number of benzene rings is 2. The molecule has 4 rings (SSSR count). The summed E-state index contributed by atoms with van der Waals surface area (Å²) >= 11 is 0. The number of amides is 1. The summed E-state index contributed by atoms with van der Waals surface area (Å²) in [4.78, 5) is 21.4. The fourth-order valence-electron chi connectivity index (χ4n) is 3.19. The molecule has 0 radical (unpaired) electrons. The van der Waals surface area contributed by atoms with Crippen molar-refractivity contribution < 1.29 is 4.79 Å². The Labute approximate surface area is 167 Å². The third-order valence-corrected chi connectivity index (χ3v) is 4.62. The second kappa shape index (κ2) is 7.59. The number of nitrogens with one attached hydrogen (secondary N) is 2. The number of carbonyl (C=O) groups excluding carboxylic acids is 1. The van der Waals surface area contributed by atoms with E-state index in [1.807, 2.05) is 55.4 Å². The van der Waals surface area contributed by atoms with Gasteiger partial charge in [0.1, 0.15) is 0 Å². The van der Waals surface area contributed by atoms with Crippen molar-refractivity contribution in [2.24, 2.45) is 5.73 Å². The minimum atomic E-state index is -0.478. The van der Waals surface area contributed by atoms with Crippen LogP contribution < -0.4 is 16.0 Å². The molecular weight excluding hydrogens is 366 g/mol. The fraction of sp³-hybridized carbons (Fsp3) is 0.143. The summed E-state index contributed by atoms with van der Waals surface area (Å²) in [6.45, 7) is 0.608. The van der Waals surface area contributed by atoms with E-state index in [1.54, 1.807) is 18.3 Å². The molecule has 0 aliphatic carbocycles. The lowest BCUT2D eigenvalue weighted by Gasteiger charge is -2.16. The molecule has 8 heteroatoms. The van der Waals surface area contributed by atoms with Crippen molar-refractivity contribution in [1.29, 1.82) is 0 Å². The van der Waals surface area contributed by atoms with Gasteiger partial charge in [-0.15, -0.1) is 10.2 Å². The topological polar surface area (TPSA) is 113 Å². The van der Waals surface area contributed by atoms with Crippen molar-refractivity contribution in [2.75, 3.05) is 24.3 Å².